The molecule has 268 valence electrons. The molecule has 2 aromatic heterocycles. The Bertz CT molecular complexity index is 2000. The van der Waals surface area contributed by atoms with Crippen molar-refractivity contribution in [1.29, 1.82) is 0 Å². The second-order valence-corrected chi connectivity index (χ2v) is 13.0. The number of rotatable bonds is 6. The predicted molar refractivity (Wildman–Crippen MR) is 193 cm³/mol. The van der Waals surface area contributed by atoms with E-state index in [1.165, 1.54) is 21.4 Å². The number of fused-ring (bicyclic) bond motifs is 1. The van der Waals surface area contributed by atoms with Crippen molar-refractivity contribution < 1.29 is 24.0 Å². The average molecular weight is 696 g/mol. The van der Waals surface area contributed by atoms with Crippen molar-refractivity contribution in [3.63, 3.8) is 0 Å². The van der Waals surface area contributed by atoms with Gasteiger partial charge in [0.2, 0.25) is 23.6 Å². The summed E-state index contributed by atoms with van der Waals surface area (Å²) in [6, 6.07) is 15.4. The van der Waals surface area contributed by atoms with Gasteiger partial charge >= 0.3 is 0 Å². The van der Waals surface area contributed by atoms with Crippen LogP contribution in [0.4, 0.5) is 0 Å². The topological polar surface area (TPSA) is 166 Å². The summed E-state index contributed by atoms with van der Waals surface area (Å²) in [5, 5.41) is 9.29. The summed E-state index contributed by atoms with van der Waals surface area (Å²) in [6.07, 6.45) is 2.04. The van der Waals surface area contributed by atoms with E-state index in [0.717, 1.165) is 22.0 Å². The molecule has 1 saturated heterocycles. The van der Waals surface area contributed by atoms with E-state index in [-0.39, 0.29) is 31.5 Å². The minimum Gasteiger partial charge on any atom is -0.361 e. The molecule has 0 radical (unpaired) electrons. The highest BCUT2D eigenvalue weighted by Gasteiger charge is 2.34. The molecule has 0 saturated carbocycles. The Morgan fingerprint density at radius 1 is 0.882 bits per heavy atom. The van der Waals surface area contributed by atoms with Crippen molar-refractivity contribution in [3.05, 3.63) is 105 Å². The molecule has 0 spiro atoms. The van der Waals surface area contributed by atoms with E-state index in [4.69, 9.17) is 0 Å². The van der Waals surface area contributed by atoms with Crippen molar-refractivity contribution in [3.8, 4) is 0 Å². The van der Waals surface area contributed by atoms with E-state index in [0.29, 0.717) is 17.8 Å². The van der Waals surface area contributed by atoms with Crippen LogP contribution in [0.2, 0.25) is 0 Å². The van der Waals surface area contributed by atoms with E-state index in [2.05, 4.69) is 20.9 Å². The number of nitrogens with one attached hydrogen (secondary N) is 4. The van der Waals surface area contributed by atoms with E-state index < -0.39 is 59.8 Å². The molecule has 0 bridgehead atoms. The Kier molecular flexibility index (Phi) is 11.4. The molecule has 13 heteroatoms. The number of pyridine rings is 1. The molecule has 2 aromatic carbocycles. The Morgan fingerprint density at radius 3 is 2.31 bits per heavy atom. The smallest absolute Gasteiger partial charge is 0.263 e. The van der Waals surface area contributed by atoms with Crippen LogP contribution < -0.4 is 21.5 Å². The van der Waals surface area contributed by atoms with Gasteiger partial charge < -0.3 is 35.3 Å². The van der Waals surface area contributed by atoms with Gasteiger partial charge in [-0.1, -0.05) is 48.5 Å². The van der Waals surface area contributed by atoms with Gasteiger partial charge in [-0.25, -0.2) is 0 Å². The maximum absolute atomic E-state index is 14.1. The highest BCUT2D eigenvalue weighted by molar-refractivity contribution is 5.99. The van der Waals surface area contributed by atoms with E-state index >= 15 is 0 Å². The summed E-state index contributed by atoms with van der Waals surface area (Å²) in [7, 11) is 1.47. The summed E-state index contributed by atoms with van der Waals surface area (Å²) < 4.78 is 1.49. The minimum atomic E-state index is -1.11. The van der Waals surface area contributed by atoms with Crippen LogP contribution in [0.3, 0.4) is 0 Å². The van der Waals surface area contributed by atoms with Crippen molar-refractivity contribution in [2.75, 3.05) is 26.7 Å². The lowest BCUT2D eigenvalue weighted by Crippen LogP contribution is -2.57. The van der Waals surface area contributed by atoms with Crippen molar-refractivity contribution >= 4 is 40.4 Å². The highest BCUT2D eigenvalue weighted by atomic mass is 16.2. The SMILES string of the molecule is CCn1c(C)cc(C)c(C(=O)N2CCNC(=O)[C@H](Cc3ccccc3)NC(=O)[C@H](C)N(C)C(=O)[C@H](Cc3c[nH]c4ccccc34)NC(=O)C2)c1=O. The molecule has 5 amide bonds. The van der Waals surface area contributed by atoms with Gasteiger partial charge in [0, 0.05) is 62.3 Å². The van der Waals surface area contributed by atoms with Gasteiger partial charge in [-0.15, -0.1) is 0 Å². The number of carbonyl (C=O) groups is 5. The summed E-state index contributed by atoms with van der Waals surface area (Å²) in [5.41, 5.74) is 3.04. The van der Waals surface area contributed by atoms with Crippen molar-refractivity contribution in [2.24, 2.45) is 0 Å². The molecule has 1 fully saturated rings. The van der Waals surface area contributed by atoms with Crippen LogP contribution in [-0.4, -0.2) is 93.7 Å². The summed E-state index contributed by atoms with van der Waals surface area (Å²) in [4.78, 5) is 88.4. The lowest BCUT2D eigenvalue weighted by atomic mass is 10.0. The largest absolute Gasteiger partial charge is 0.361 e. The molecule has 5 rings (SSSR count). The van der Waals surface area contributed by atoms with Crippen LogP contribution in [0.15, 0.2) is 71.7 Å². The molecule has 0 aliphatic carbocycles. The van der Waals surface area contributed by atoms with Crippen molar-refractivity contribution in [1.82, 2.24) is 35.3 Å². The van der Waals surface area contributed by atoms with Gasteiger partial charge in [0.25, 0.3) is 11.5 Å². The van der Waals surface area contributed by atoms with Gasteiger partial charge in [-0.2, -0.15) is 0 Å². The van der Waals surface area contributed by atoms with Gasteiger partial charge in [-0.3, -0.25) is 28.8 Å². The van der Waals surface area contributed by atoms with Crippen LogP contribution in [-0.2, 0) is 38.6 Å². The first-order valence-electron chi connectivity index (χ1n) is 17.1. The minimum absolute atomic E-state index is 0.0704. The number of nitrogens with zero attached hydrogens (tertiary/aromatic N) is 3. The molecule has 4 N–H and O–H groups in total. The molecule has 3 heterocycles. The summed E-state index contributed by atoms with van der Waals surface area (Å²) in [5.74, 6) is -2.90. The maximum atomic E-state index is 14.1. The Morgan fingerprint density at radius 2 is 1.59 bits per heavy atom. The number of carbonyl (C=O) groups excluding carboxylic acids is 5. The first-order chi connectivity index (χ1) is 24.4. The van der Waals surface area contributed by atoms with Crippen LogP contribution in [0.1, 0.15) is 46.6 Å². The number of aromatic amines is 1. The molecule has 3 atom stereocenters. The third kappa shape index (κ3) is 8.19. The van der Waals surface area contributed by atoms with Gasteiger partial charge in [0.15, 0.2) is 0 Å². The maximum Gasteiger partial charge on any atom is 0.263 e. The number of likely N-dealkylation sites (N-methyl/N-ethyl adjacent to an activating group) is 1. The van der Waals surface area contributed by atoms with E-state index in [9.17, 15) is 28.8 Å². The molecular weight excluding hydrogens is 650 g/mol. The van der Waals surface area contributed by atoms with Crippen molar-refractivity contribution in [2.45, 2.75) is 65.2 Å². The zero-order chi connectivity index (χ0) is 36.8. The zero-order valence-electron chi connectivity index (χ0n) is 29.6. The highest BCUT2D eigenvalue weighted by Crippen LogP contribution is 2.20. The molecule has 51 heavy (non-hydrogen) atoms. The van der Waals surface area contributed by atoms with Gasteiger partial charge in [-0.05, 0) is 56.5 Å². The second-order valence-electron chi connectivity index (χ2n) is 13.0. The lowest BCUT2D eigenvalue weighted by molar-refractivity contribution is -0.142. The third-order valence-electron chi connectivity index (χ3n) is 9.49. The lowest BCUT2D eigenvalue weighted by Gasteiger charge is -2.30. The van der Waals surface area contributed by atoms with Crippen LogP contribution in [0, 0.1) is 13.8 Å². The van der Waals surface area contributed by atoms with Gasteiger partial charge in [0.1, 0.15) is 23.7 Å². The van der Waals surface area contributed by atoms with Crippen LogP contribution in [0.25, 0.3) is 10.9 Å². The number of hydrogen-bond acceptors (Lipinski definition) is 6. The molecule has 4 aromatic rings. The molecular formula is C38H45N7O6. The fraction of sp³-hybridized carbons (Fsp3) is 0.368. The number of amides is 5. The first-order valence-corrected chi connectivity index (χ1v) is 17.1. The van der Waals surface area contributed by atoms with Gasteiger partial charge in [0.05, 0.1) is 6.54 Å². The molecule has 13 nitrogen and oxygen atoms in total. The summed E-state index contributed by atoms with van der Waals surface area (Å²) in [6.45, 7) is 6.47. The fourth-order valence-electron chi connectivity index (χ4n) is 6.53. The normalized spacial score (nSPS) is 19.6. The standard InChI is InChI=1S/C38H45N7O6/c1-6-45-24(3)18-23(2)33(38(45)51)37(50)44-17-16-39-35(48)30(19-26-12-8-7-9-13-26)42-34(47)25(4)43(5)36(49)31(41-32(46)22-44)20-27-21-40-29-15-11-10-14-28(27)29/h7-15,18,21,25,30-31,40H,6,16-17,19-20,22H2,1-5H3,(H,39,48)(H,41,46)(H,42,47)/t25-,30-,31-/m0/s1. The molecule has 0 unspecified atom stereocenters. The number of aromatic nitrogens is 2. The molecule has 1 aliphatic rings. The number of benzene rings is 2. The van der Waals surface area contributed by atoms with E-state index in [1.54, 1.807) is 40.0 Å². The number of hydrogen-bond donors (Lipinski definition) is 4. The number of para-hydroxylation sites is 1. The zero-order valence-corrected chi connectivity index (χ0v) is 29.6. The summed E-state index contributed by atoms with van der Waals surface area (Å²) >= 11 is 0. The molecule has 1 aliphatic heterocycles. The average Bonchev–Trinajstić information content (AvgIpc) is 3.52. The number of H-pyrrole nitrogens is 1. The Balaban J connectivity index is 1.52. The third-order valence-corrected chi connectivity index (χ3v) is 9.49. The van der Waals surface area contributed by atoms with E-state index in [1.807, 2.05) is 54.6 Å². The monoisotopic (exact) mass is 695 g/mol. The Hall–Kier alpha value is -5.72. The van der Waals surface area contributed by atoms with Crippen LogP contribution >= 0.6 is 0 Å². The quantitative estimate of drug-likeness (QED) is 0.240. The fourth-order valence-corrected chi connectivity index (χ4v) is 6.53. The van der Waals surface area contributed by atoms with Crippen LogP contribution in [0.5, 0.6) is 0 Å². The second kappa shape index (κ2) is 15.9. The Labute approximate surface area is 296 Å². The predicted octanol–water partition coefficient (Wildman–Crippen LogP) is 1.84. The number of aryl methyl sites for hydroxylation is 2. The first kappa shape index (κ1) is 36.6.